The number of likely N-dealkylation sites (tertiary alicyclic amines) is 1. The Bertz CT molecular complexity index is 995. The summed E-state index contributed by atoms with van der Waals surface area (Å²) in [5.41, 5.74) is 5.71. The number of hydrogen-bond acceptors (Lipinski definition) is 6. The molecule has 0 spiro atoms. The fourth-order valence-corrected chi connectivity index (χ4v) is 3.85. The normalized spacial score (nSPS) is 14.5. The molecule has 1 fully saturated rings. The van der Waals surface area contributed by atoms with Crippen LogP contribution in [0.25, 0.3) is 0 Å². The fraction of sp³-hybridized carbons (Fsp3) is 0.538. The Morgan fingerprint density at radius 1 is 1.14 bits per heavy atom. The molecule has 1 unspecified atom stereocenters. The first-order valence-electron chi connectivity index (χ1n) is 12.5. The maximum absolute atomic E-state index is 12.9. The van der Waals surface area contributed by atoms with E-state index in [9.17, 15) is 14.4 Å². The molecule has 1 aliphatic heterocycles. The van der Waals surface area contributed by atoms with Gasteiger partial charge in [-0.3, -0.25) is 14.4 Å². The Hall–Kier alpha value is -3.24. The molecule has 4 N–H and O–H groups in total. The number of imidazole rings is 1. The molecule has 2 heterocycles. The first kappa shape index (κ1) is 27.3. The highest BCUT2D eigenvalue weighted by Gasteiger charge is 2.28. The number of aromatic nitrogens is 2. The molecule has 2 aromatic rings. The van der Waals surface area contributed by atoms with Crippen molar-refractivity contribution >= 4 is 23.5 Å². The summed E-state index contributed by atoms with van der Waals surface area (Å²) in [6.45, 7) is 5.88. The Labute approximate surface area is 212 Å². The van der Waals surface area contributed by atoms with Crippen LogP contribution in [0.3, 0.4) is 0 Å². The Morgan fingerprint density at radius 3 is 2.56 bits per heavy atom. The third-order valence-electron chi connectivity index (χ3n) is 6.00. The largest absolute Gasteiger partial charge is 0.374 e. The SMILES string of the molecule is CC(C)(N)C(=O)NC(COCc1ccccc1)C(=O)Nc1cn(CCCCC(=O)N2CCCC2)cn1. The van der Waals surface area contributed by atoms with Crippen molar-refractivity contribution in [2.24, 2.45) is 5.73 Å². The number of unbranched alkanes of at least 4 members (excludes halogenated alkanes) is 1. The molecule has 196 valence electrons. The highest BCUT2D eigenvalue weighted by Crippen LogP contribution is 2.12. The van der Waals surface area contributed by atoms with Gasteiger partial charge in [0.15, 0.2) is 5.82 Å². The van der Waals surface area contributed by atoms with Crippen LogP contribution >= 0.6 is 0 Å². The van der Waals surface area contributed by atoms with Crippen LogP contribution < -0.4 is 16.4 Å². The van der Waals surface area contributed by atoms with Crippen LogP contribution in [0.5, 0.6) is 0 Å². The van der Waals surface area contributed by atoms with E-state index in [-0.39, 0.29) is 12.5 Å². The molecular formula is C26H38N6O4. The molecule has 1 aromatic carbocycles. The van der Waals surface area contributed by atoms with E-state index in [1.54, 1.807) is 26.4 Å². The van der Waals surface area contributed by atoms with Gasteiger partial charge in [0.05, 0.1) is 25.1 Å². The smallest absolute Gasteiger partial charge is 0.250 e. The quantitative estimate of drug-likeness (QED) is 0.362. The second-order valence-electron chi connectivity index (χ2n) is 9.78. The summed E-state index contributed by atoms with van der Waals surface area (Å²) in [6, 6.07) is 8.63. The van der Waals surface area contributed by atoms with Crippen LogP contribution in [0, 0.1) is 0 Å². The molecule has 1 aliphatic rings. The molecule has 36 heavy (non-hydrogen) atoms. The van der Waals surface area contributed by atoms with Crippen molar-refractivity contribution in [2.75, 3.05) is 25.0 Å². The summed E-state index contributed by atoms with van der Waals surface area (Å²) >= 11 is 0. The number of ether oxygens (including phenoxy) is 1. The van der Waals surface area contributed by atoms with Gasteiger partial charge in [-0.25, -0.2) is 4.98 Å². The lowest BCUT2D eigenvalue weighted by Gasteiger charge is -2.23. The van der Waals surface area contributed by atoms with Gasteiger partial charge in [0.1, 0.15) is 6.04 Å². The van der Waals surface area contributed by atoms with Gasteiger partial charge < -0.3 is 30.6 Å². The van der Waals surface area contributed by atoms with Crippen molar-refractivity contribution in [1.82, 2.24) is 19.8 Å². The predicted molar refractivity (Wildman–Crippen MR) is 137 cm³/mol. The Morgan fingerprint density at radius 2 is 1.86 bits per heavy atom. The zero-order valence-corrected chi connectivity index (χ0v) is 21.2. The number of benzene rings is 1. The van der Waals surface area contributed by atoms with Crippen molar-refractivity contribution in [3.63, 3.8) is 0 Å². The van der Waals surface area contributed by atoms with Crippen molar-refractivity contribution < 1.29 is 19.1 Å². The van der Waals surface area contributed by atoms with Crippen molar-refractivity contribution in [3.8, 4) is 0 Å². The molecule has 0 radical (unpaired) electrons. The summed E-state index contributed by atoms with van der Waals surface area (Å²) < 4.78 is 7.58. The third kappa shape index (κ3) is 8.76. The lowest BCUT2D eigenvalue weighted by atomic mass is 10.1. The molecule has 3 amide bonds. The average molecular weight is 499 g/mol. The van der Waals surface area contributed by atoms with E-state index in [0.29, 0.717) is 25.4 Å². The average Bonchev–Trinajstić information content (AvgIpc) is 3.53. The summed E-state index contributed by atoms with van der Waals surface area (Å²) in [5.74, 6) is -0.293. The molecule has 1 aromatic heterocycles. The van der Waals surface area contributed by atoms with Gasteiger partial charge in [0, 0.05) is 32.3 Å². The van der Waals surface area contributed by atoms with Gasteiger partial charge in [0.25, 0.3) is 5.91 Å². The number of anilines is 1. The van der Waals surface area contributed by atoms with Crippen LogP contribution in [0.1, 0.15) is 51.5 Å². The number of aryl methyl sites for hydroxylation is 1. The molecule has 3 rings (SSSR count). The van der Waals surface area contributed by atoms with Gasteiger partial charge >= 0.3 is 0 Å². The summed E-state index contributed by atoms with van der Waals surface area (Å²) in [4.78, 5) is 43.7. The maximum Gasteiger partial charge on any atom is 0.250 e. The highest BCUT2D eigenvalue weighted by molar-refractivity contribution is 5.98. The molecule has 1 saturated heterocycles. The standard InChI is InChI=1S/C26H38N6O4/c1-26(2,27)25(35)29-21(18-36-17-20-10-4-3-5-11-20)24(34)30-22-16-31(19-28-22)13-7-6-12-23(33)32-14-8-9-15-32/h3-5,10-11,16,19,21H,6-9,12-15,17-18,27H2,1-2H3,(H,29,35)(H,30,34). The predicted octanol–water partition coefficient (Wildman–Crippen LogP) is 2.05. The number of carbonyl (C=O) groups is 3. The molecular weight excluding hydrogens is 460 g/mol. The van der Waals surface area contributed by atoms with E-state index in [1.165, 1.54) is 0 Å². The van der Waals surface area contributed by atoms with Crippen LogP contribution in [0.15, 0.2) is 42.9 Å². The lowest BCUT2D eigenvalue weighted by molar-refractivity contribution is -0.130. The molecule has 10 heteroatoms. The van der Waals surface area contributed by atoms with Gasteiger partial charge in [-0.05, 0) is 45.1 Å². The first-order valence-corrected chi connectivity index (χ1v) is 12.5. The third-order valence-corrected chi connectivity index (χ3v) is 6.00. The van der Waals surface area contributed by atoms with Crippen LogP contribution in [0.4, 0.5) is 5.82 Å². The number of hydrogen-bond donors (Lipinski definition) is 3. The Balaban J connectivity index is 1.48. The summed E-state index contributed by atoms with van der Waals surface area (Å²) in [6.07, 6.45) is 7.76. The van der Waals surface area contributed by atoms with E-state index in [0.717, 1.165) is 44.3 Å². The van der Waals surface area contributed by atoms with Crippen LogP contribution in [-0.2, 0) is 32.3 Å². The van der Waals surface area contributed by atoms with E-state index < -0.39 is 23.4 Å². The van der Waals surface area contributed by atoms with Crippen LogP contribution in [0.2, 0.25) is 0 Å². The van der Waals surface area contributed by atoms with E-state index in [2.05, 4.69) is 15.6 Å². The van der Waals surface area contributed by atoms with Gasteiger partial charge in [-0.1, -0.05) is 30.3 Å². The molecule has 0 bridgehead atoms. The minimum Gasteiger partial charge on any atom is -0.374 e. The van der Waals surface area contributed by atoms with Gasteiger partial charge in [0.2, 0.25) is 11.8 Å². The summed E-state index contributed by atoms with van der Waals surface area (Å²) in [7, 11) is 0. The van der Waals surface area contributed by atoms with Gasteiger partial charge in [-0.2, -0.15) is 0 Å². The second-order valence-corrected chi connectivity index (χ2v) is 9.78. The number of nitrogens with one attached hydrogen (secondary N) is 2. The van der Waals surface area contributed by atoms with Crippen molar-refractivity contribution in [3.05, 3.63) is 48.4 Å². The topological polar surface area (TPSA) is 132 Å². The molecule has 10 nitrogen and oxygen atoms in total. The van der Waals surface area contributed by atoms with E-state index >= 15 is 0 Å². The second kappa shape index (κ2) is 13.2. The number of nitrogens with two attached hydrogens (primary N) is 1. The monoisotopic (exact) mass is 498 g/mol. The lowest BCUT2D eigenvalue weighted by Crippen LogP contribution is -2.56. The summed E-state index contributed by atoms with van der Waals surface area (Å²) in [5, 5.41) is 5.42. The Kier molecular flexibility index (Phi) is 10.0. The minimum atomic E-state index is -1.14. The molecule has 0 saturated carbocycles. The number of amides is 3. The number of rotatable bonds is 13. The fourth-order valence-electron chi connectivity index (χ4n) is 3.85. The van der Waals surface area contributed by atoms with E-state index in [1.807, 2.05) is 39.8 Å². The number of nitrogens with zero attached hydrogens (tertiary/aromatic N) is 3. The number of carbonyl (C=O) groups excluding carboxylic acids is 3. The van der Waals surface area contributed by atoms with E-state index in [4.69, 9.17) is 10.5 Å². The highest BCUT2D eigenvalue weighted by atomic mass is 16.5. The van der Waals surface area contributed by atoms with Gasteiger partial charge in [-0.15, -0.1) is 0 Å². The van der Waals surface area contributed by atoms with Crippen molar-refractivity contribution in [1.29, 1.82) is 0 Å². The minimum absolute atomic E-state index is 0.0195. The maximum atomic E-state index is 12.9. The first-order chi connectivity index (χ1) is 17.2. The molecule has 1 atom stereocenters. The molecule has 0 aliphatic carbocycles. The van der Waals surface area contributed by atoms with Crippen molar-refractivity contribution in [2.45, 2.75) is 70.7 Å². The van der Waals surface area contributed by atoms with Crippen LogP contribution in [-0.4, -0.2) is 63.4 Å². The zero-order chi connectivity index (χ0) is 26.0. The zero-order valence-electron chi connectivity index (χ0n) is 21.2.